The van der Waals surface area contributed by atoms with Gasteiger partial charge in [0.05, 0.1) is 4.90 Å². The van der Waals surface area contributed by atoms with Crippen molar-refractivity contribution in [1.82, 2.24) is 4.98 Å². The molecule has 0 unspecified atom stereocenters. The molecule has 0 saturated carbocycles. The van der Waals surface area contributed by atoms with Gasteiger partial charge in [-0.25, -0.2) is 0 Å². The Bertz CT molecular complexity index is 617. The second-order valence-electron chi connectivity index (χ2n) is 4.33. The lowest BCUT2D eigenvalue weighted by Crippen LogP contribution is -1.96. The van der Waals surface area contributed by atoms with Gasteiger partial charge in [-0.15, -0.1) is 0 Å². The summed E-state index contributed by atoms with van der Waals surface area (Å²) in [6.45, 7) is 5.92. The Hall–Kier alpha value is -1.72. The first-order chi connectivity index (χ1) is 8.79. The highest BCUT2D eigenvalue weighted by atomic mass is 32.2. The molecule has 102 valence electrons. The lowest BCUT2D eigenvalue weighted by Gasteiger charge is -1.95. The van der Waals surface area contributed by atoms with E-state index in [1.165, 1.54) is 23.3 Å². The summed E-state index contributed by atoms with van der Waals surface area (Å²) in [6.07, 6.45) is 3.71. The van der Waals surface area contributed by atoms with E-state index in [1.807, 2.05) is 33.2 Å². The minimum absolute atomic E-state index is 0.0666. The number of nitrogens with zero attached hydrogens (tertiary/aromatic N) is 1. The lowest BCUT2D eigenvalue weighted by molar-refractivity contribution is 0.483. The van der Waals surface area contributed by atoms with Gasteiger partial charge in [0.2, 0.25) is 0 Å². The van der Waals surface area contributed by atoms with Gasteiger partial charge >= 0.3 is 0 Å². The summed E-state index contributed by atoms with van der Waals surface area (Å²) in [4.78, 5) is 3.92. The summed E-state index contributed by atoms with van der Waals surface area (Å²) in [5, 5.41) is 0. The van der Waals surface area contributed by atoms with Crippen molar-refractivity contribution in [3.8, 4) is 0 Å². The number of pyridine rings is 1. The lowest BCUT2D eigenvalue weighted by atomic mass is 10.2. The van der Waals surface area contributed by atoms with Crippen LogP contribution in [-0.2, 0) is 10.1 Å². The van der Waals surface area contributed by atoms with E-state index in [1.54, 1.807) is 12.1 Å². The molecule has 0 bridgehead atoms. The van der Waals surface area contributed by atoms with Gasteiger partial charge in [0.1, 0.15) is 0 Å². The molecule has 1 N–H and O–H groups in total. The fraction of sp³-hybridized carbons (Fsp3) is 0.214. The van der Waals surface area contributed by atoms with Crippen LogP contribution in [-0.4, -0.2) is 18.0 Å². The number of hydrogen-bond donors (Lipinski definition) is 1. The molecule has 1 aromatic heterocycles. The van der Waals surface area contributed by atoms with Crippen molar-refractivity contribution in [2.24, 2.45) is 0 Å². The molecule has 1 aromatic carbocycles. The van der Waals surface area contributed by atoms with Crippen molar-refractivity contribution in [1.29, 1.82) is 0 Å². The number of benzene rings is 1. The van der Waals surface area contributed by atoms with Gasteiger partial charge in [0.25, 0.3) is 10.1 Å². The highest BCUT2D eigenvalue weighted by molar-refractivity contribution is 7.85. The predicted molar refractivity (Wildman–Crippen MR) is 74.7 cm³/mol. The Morgan fingerprint density at radius 3 is 1.68 bits per heavy atom. The third-order valence-electron chi connectivity index (χ3n) is 2.33. The van der Waals surface area contributed by atoms with Crippen LogP contribution >= 0.6 is 0 Å². The summed E-state index contributed by atoms with van der Waals surface area (Å²) >= 11 is 0. The van der Waals surface area contributed by atoms with Gasteiger partial charge in [0, 0.05) is 12.4 Å². The standard InChI is InChI=1S/C7H9N.C7H8O3S/c1-6-3-7(2)5-8-4-6;1-6-2-4-7(5-3-6)11(8,9)10/h3-5H,1-2H3;2-5H,1H3,(H,8,9,10). The number of hydrogen-bond acceptors (Lipinski definition) is 3. The molecule has 0 aliphatic heterocycles. The van der Waals surface area contributed by atoms with Crippen LogP contribution in [0.5, 0.6) is 0 Å². The van der Waals surface area contributed by atoms with Crippen LogP contribution in [0.2, 0.25) is 0 Å². The number of rotatable bonds is 1. The first-order valence-corrected chi connectivity index (χ1v) is 7.15. The molecule has 0 saturated heterocycles. The zero-order chi connectivity index (χ0) is 14.5. The highest BCUT2D eigenvalue weighted by Crippen LogP contribution is 2.08. The zero-order valence-electron chi connectivity index (χ0n) is 11.2. The molecule has 0 aliphatic rings. The van der Waals surface area contributed by atoms with E-state index < -0.39 is 10.1 Å². The summed E-state index contributed by atoms with van der Waals surface area (Å²) in [7, 11) is -4.02. The van der Waals surface area contributed by atoms with E-state index >= 15 is 0 Å². The Labute approximate surface area is 113 Å². The average Bonchev–Trinajstić information content (AvgIpc) is 2.28. The van der Waals surface area contributed by atoms with Crippen molar-refractivity contribution in [2.75, 3.05) is 0 Å². The Balaban J connectivity index is 0.000000200. The van der Waals surface area contributed by atoms with Crippen molar-refractivity contribution < 1.29 is 13.0 Å². The van der Waals surface area contributed by atoms with E-state index in [0.29, 0.717) is 0 Å². The van der Waals surface area contributed by atoms with E-state index in [4.69, 9.17) is 4.55 Å². The van der Waals surface area contributed by atoms with Crippen molar-refractivity contribution in [2.45, 2.75) is 25.7 Å². The normalized spacial score (nSPS) is 10.5. The molecule has 5 heteroatoms. The molecule has 1 heterocycles. The SMILES string of the molecule is Cc1ccc(S(=O)(=O)O)cc1.Cc1cncc(C)c1. The van der Waals surface area contributed by atoms with Gasteiger partial charge in [-0.2, -0.15) is 8.42 Å². The molecule has 0 amide bonds. The van der Waals surface area contributed by atoms with Crippen molar-refractivity contribution in [3.63, 3.8) is 0 Å². The van der Waals surface area contributed by atoms with Gasteiger partial charge in [-0.1, -0.05) is 23.8 Å². The fourth-order valence-corrected chi connectivity index (χ4v) is 1.90. The first kappa shape index (κ1) is 15.3. The van der Waals surface area contributed by atoms with Crippen LogP contribution < -0.4 is 0 Å². The molecule has 0 spiro atoms. The summed E-state index contributed by atoms with van der Waals surface area (Å²) in [5.41, 5.74) is 3.41. The maximum absolute atomic E-state index is 10.5. The van der Waals surface area contributed by atoms with Crippen LogP contribution in [0.3, 0.4) is 0 Å². The highest BCUT2D eigenvalue weighted by Gasteiger charge is 2.06. The zero-order valence-corrected chi connectivity index (χ0v) is 12.0. The third-order valence-corrected chi connectivity index (χ3v) is 3.20. The Morgan fingerprint density at radius 1 is 0.895 bits per heavy atom. The molecule has 2 rings (SSSR count). The van der Waals surface area contributed by atoms with Gasteiger partial charge in [-0.05, 0) is 44.0 Å². The largest absolute Gasteiger partial charge is 0.294 e. The van der Waals surface area contributed by atoms with Gasteiger partial charge in [-0.3, -0.25) is 9.54 Å². The smallest absolute Gasteiger partial charge is 0.282 e. The van der Waals surface area contributed by atoms with Gasteiger partial charge in [0.15, 0.2) is 0 Å². The first-order valence-electron chi connectivity index (χ1n) is 5.71. The Kier molecular flexibility index (Phi) is 5.20. The molecule has 0 radical (unpaired) electrons. The van der Waals surface area contributed by atoms with Crippen molar-refractivity contribution in [3.05, 3.63) is 59.4 Å². The summed E-state index contributed by atoms with van der Waals surface area (Å²) in [5.74, 6) is 0. The molecular formula is C14H17NO3S. The quantitative estimate of drug-likeness (QED) is 0.815. The Morgan fingerprint density at radius 2 is 1.37 bits per heavy atom. The van der Waals surface area contributed by atoms with Crippen LogP contribution in [0.4, 0.5) is 0 Å². The molecule has 2 aromatic rings. The van der Waals surface area contributed by atoms with E-state index in [0.717, 1.165) is 5.56 Å². The molecule has 0 atom stereocenters. The van der Waals surface area contributed by atoms with Crippen molar-refractivity contribution >= 4 is 10.1 Å². The summed E-state index contributed by atoms with van der Waals surface area (Å²) < 4.78 is 29.6. The van der Waals surface area contributed by atoms with E-state index in [9.17, 15) is 8.42 Å². The molecule has 0 fully saturated rings. The van der Waals surface area contributed by atoms with Crippen LogP contribution in [0, 0.1) is 20.8 Å². The van der Waals surface area contributed by atoms with Gasteiger partial charge < -0.3 is 0 Å². The van der Waals surface area contributed by atoms with Crippen LogP contribution in [0.1, 0.15) is 16.7 Å². The number of aromatic nitrogens is 1. The summed E-state index contributed by atoms with van der Waals surface area (Å²) in [6, 6.07) is 8.09. The minimum atomic E-state index is -4.02. The van der Waals surface area contributed by atoms with E-state index in [2.05, 4.69) is 11.1 Å². The van der Waals surface area contributed by atoms with Crippen LogP contribution in [0.25, 0.3) is 0 Å². The maximum atomic E-state index is 10.5. The molecule has 0 aliphatic carbocycles. The topological polar surface area (TPSA) is 67.3 Å². The monoisotopic (exact) mass is 279 g/mol. The third kappa shape index (κ3) is 5.63. The van der Waals surface area contributed by atoms with E-state index in [-0.39, 0.29) is 4.90 Å². The average molecular weight is 279 g/mol. The minimum Gasteiger partial charge on any atom is -0.282 e. The predicted octanol–water partition coefficient (Wildman–Crippen LogP) is 2.94. The molecule has 4 nitrogen and oxygen atoms in total. The fourth-order valence-electron chi connectivity index (χ4n) is 1.42. The second-order valence-corrected chi connectivity index (χ2v) is 5.75. The molecule has 19 heavy (non-hydrogen) atoms. The van der Waals surface area contributed by atoms with Crippen LogP contribution in [0.15, 0.2) is 47.6 Å². The maximum Gasteiger partial charge on any atom is 0.294 e. The molecular weight excluding hydrogens is 262 g/mol. The second kappa shape index (κ2) is 6.45. The number of aryl methyl sites for hydroxylation is 3.